The lowest BCUT2D eigenvalue weighted by molar-refractivity contribution is -0.144. The predicted octanol–water partition coefficient (Wildman–Crippen LogP) is -0.0244. The number of ketones is 3. The van der Waals surface area contributed by atoms with Gasteiger partial charge in [-0.1, -0.05) is 50.1 Å². The number of hydrazine groups is 1. The minimum Gasteiger partial charge on any atom is -0.663 e. The Morgan fingerprint density at radius 3 is 2.47 bits per heavy atom. The number of nitrogens with zero attached hydrogens (tertiary/aromatic N) is 2. The van der Waals surface area contributed by atoms with E-state index in [1.54, 1.807) is 6.20 Å². The van der Waals surface area contributed by atoms with Crippen molar-refractivity contribution in [1.82, 2.24) is 31.4 Å². The van der Waals surface area contributed by atoms with Crippen LogP contribution in [0, 0.1) is 5.92 Å². The number of aromatic nitrogens is 1. The molecule has 2 aliphatic heterocycles. The highest BCUT2D eigenvalue weighted by atomic mass is 16.4. The molecule has 256 valence electrons. The minimum atomic E-state index is -1.52. The van der Waals surface area contributed by atoms with Crippen LogP contribution >= 0.6 is 0 Å². The molecule has 7 N–H and O–H groups in total. The average Bonchev–Trinajstić information content (AvgIpc) is 3.69. The Kier molecular flexibility index (Phi) is 12.8. The van der Waals surface area contributed by atoms with Crippen molar-refractivity contribution < 1.29 is 33.9 Å². The highest BCUT2D eigenvalue weighted by Crippen LogP contribution is 2.22. The summed E-state index contributed by atoms with van der Waals surface area (Å²) in [6, 6.07) is 2.00. The number of benzene rings is 1. The van der Waals surface area contributed by atoms with Gasteiger partial charge in [0.25, 0.3) is 0 Å². The second kappa shape index (κ2) is 16.7. The molecule has 0 spiro atoms. The fourth-order valence-corrected chi connectivity index (χ4v) is 6.29. The highest BCUT2D eigenvalue weighted by molar-refractivity contribution is 6.41. The first kappa shape index (κ1) is 35.9. The first-order chi connectivity index (χ1) is 22.5. The lowest BCUT2D eigenvalue weighted by Gasteiger charge is -2.31. The van der Waals surface area contributed by atoms with Gasteiger partial charge in [-0.3, -0.25) is 28.8 Å². The lowest BCUT2D eigenvalue weighted by atomic mass is 9.96. The van der Waals surface area contributed by atoms with E-state index in [-0.39, 0.29) is 37.0 Å². The number of carbonyl (C=O) groups is 6. The molecule has 0 bridgehead atoms. The van der Waals surface area contributed by atoms with E-state index in [0.717, 1.165) is 10.9 Å². The summed E-state index contributed by atoms with van der Waals surface area (Å²) < 4.78 is 0. The number of aliphatic carboxylic acids is 1. The third-order valence-corrected chi connectivity index (χ3v) is 8.74. The number of amides is 2. The lowest BCUT2D eigenvalue weighted by Crippen LogP contribution is -2.61. The van der Waals surface area contributed by atoms with E-state index in [1.165, 1.54) is 4.90 Å². The molecule has 14 heteroatoms. The molecule has 0 unspecified atom stereocenters. The van der Waals surface area contributed by atoms with Crippen LogP contribution in [-0.2, 0) is 35.2 Å². The van der Waals surface area contributed by atoms with Gasteiger partial charge in [0.2, 0.25) is 23.4 Å². The van der Waals surface area contributed by atoms with E-state index in [1.807, 2.05) is 38.1 Å². The second-order valence-electron chi connectivity index (χ2n) is 12.8. The van der Waals surface area contributed by atoms with Gasteiger partial charge in [-0.15, -0.1) is 5.52 Å². The van der Waals surface area contributed by atoms with Crippen molar-refractivity contribution in [1.29, 1.82) is 0 Å². The van der Waals surface area contributed by atoms with E-state index in [0.29, 0.717) is 50.8 Å². The van der Waals surface area contributed by atoms with Gasteiger partial charge in [0, 0.05) is 6.54 Å². The maximum absolute atomic E-state index is 14.0. The van der Waals surface area contributed by atoms with Crippen LogP contribution in [0.1, 0.15) is 64.4 Å². The summed E-state index contributed by atoms with van der Waals surface area (Å²) in [5.41, 5.74) is 12.6. The number of carbonyl (C=O) groups excluding carboxylic acids is 5. The van der Waals surface area contributed by atoms with Gasteiger partial charge in [0.1, 0.15) is 12.1 Å². The number of fused-ring (bicyclic) bond motifs is 2. The molecular weight excluding hydrogens is 606 g/mol. The molecule has 4 rings (SSSR count). The number of Topliss-reactive ketones (excluding diaryl/α,β-unsaturated/α-hetero) is 3. The van der Waals surface area contributed by atoms with Crippen molar-refractivity contribution in [3.8, 4) is 0 Å². The molecule has 1 aromatic carbocycles. The maximum Gasteiger partial charge on any atom is 0.305 e. The van der Waals surface area contributed by atoms with E-state index >= 15 is 0 Å². The van der Waals surface area contributed by atoms with Crippen molar-refractivity contribution in [2.75, 3.05) is 19.6 Å². The van der Waals surface area contributed by atoms with Crippen LogP contribution < -0.4 is 32.2 Å². The van der Waals surface area contributed by atoms with Gasteiger partial charge in [-0.05, 0) is 56.4 Å². The fraction of sp³-hybridized carbons (Fsp3) is 0.576. The highest BCUT2D eigenvalue weighted by Gasteiger charge is 2.40. The summed E-state index contributed by atoms with van der Waals surface area (Å²) in [5, 5.41) is 16.2. The molecule has 2 aromatic rings. The summed E-state index contributed by atoms with van der Waals surface area (Å²) in [4.78, 5) is 86.2. The molecule has 5 atom stereocenters. The quantitative estimate of drug-likeness (QED) is 0.148. The maximum atomic E-state index is 14.0. The van der Waals surface area contributed by atoms with Gasteiger partial charge in [0.05, 0.1) is 31.1 Å². The largest absolute Gasteiger partial charge is 0.663 e. The van der Waals surface area contributed by atoms with Gasteiger partial charge in [0.15, 0.2) is 5.78 Å². The third-order valence-electron chi connectivity index (χ3n) is 8.74. The molecule has 2 amide bonds. The fourth-order valence-electron chi connectivity index (χ4n) is 6.29. The molecule has 2 saturated heterocycles. The number of rotatable bonds is 10. The Hall–Kier alpha value is -3.98. The van der Waals surface area contributed by atoms with Crippen molar-refractivity contribution in [2.45, 2.75) is 95.4 Å². The molecular formula is C33H46N7O7-. The summed E-state index contributed by atoms with van der Waals surface area (Å²) >= 11 is 0. The number of nitrogens with two attached hydrogens (primary N) is 1. The molecule has 2 fully saturated rings. The zero-order chi connectivity index (χ0) is 34.1. The molecule has 1 aromatic heterocycles. The van der Waals surface area contributed by atoms with Gasteiger partial charge >= 0.3 is 5.97 Å². The number of nitrogens with one attached hydrogen (secondary N) is 4. The number of carboxylic acids is 1. The third kappa shape index (κ3) is 9.31. The molecule has 3 heterocycles. The number of para-hydroxylation sites is 1. The molecule has 0 radical (unpaired) electrons. The van der Waals surface area contributed by atoms with E-state index in [4.69, 9.17) is 5.73 Å². The summed E-state index contributed by atoms with van der Waals surface area (Å²) in [7, 11) is 0. The van der Waals surface area contributed by atoms with Crippen molar-refractivity contribution in [3.05, 3.63) is 36.0 Å². The van der Waals surface area contributed by atoms with Crippen LogP contribution in [0.25, 0.3) is 10.9 Å². The Bertz CT molecular complexity index is 1460. The number of carboxylic acid groups (broad SMARTS) is 1. The monoisotopic (exact) mass is 652 g/mol. The van der Waals surface area contributed by atoms with Crippen molar-refractivity contribution in [2.24, 2.45) is 11.7 Å². The van der Waals surface area contributed by atoms with E-state index in [9.17, 15) is 33.9 Å². The van der Waals surface area contributed by atoms with Crippen LogP contribution in [0.4, 0.5) is 0 Å². The first-order valence-corrected chi connectivity index (χ1v) is 16.4. The standard InChI is InChI=1S/C33H46N7O7/c1-19(2)14-26-33(47)40-13-7-11-27(40)28(41)18-36-23(10-5-6-12-34)30(44)31(45)24(16-29(42)43)38-39-25(32(46)37-26)15-20-17-35-22-9-4-3-8-21(20)22/h3-4,8-9,17,19,23-27,36,38-39H,5-7,10-16,18,34H2,1-2H3,(H,37,46)(H,42,43)/q-1/t23-,24-,25-,26-,27-/m0/s1. The molecule has 0 aliphatic carbocycles. The van der Waals surface area contributed by atoms with Crippen molar-refractivity contribution >= 4 is 46.0 Å². The van der Waals surface area contributed by atoms with Crippen LogP contribution in [0.5, 0.6) is 0 Å². The average molecular weight is 653 g/mol. The summed E-state index contributed by atoms with van der Waals surface area (Å²) in [6.45, 7) is 4.31. The zero-order valence-corrected chi connectivity index (χ0v) is 27.0. The van der Waals surface area contributed by atoms with E-state index < -0.39 is 60.1 Å². The number of unbranched alkanes of at least 4 members (excludes halogenated alkanes) is 1. The Morgan fingerprint density at radius 2 is 1.74 bits per heavy atom. The van der Waals surface area contributed by atoms with Crippen molar-refractivity contribution in [3.63, 3.8) is 0 Å². The smallest absolute Gasteiger partial charge is 0.305 e. The van der Waals surface area contributed by atoms with Crippen LogP contribution in [0.2, 0.25) is 0 Å². The molecule has 2 aliphatic rings. The van der Waals surface area contributed by atoms with E-state index in [2.05, 4.69) is 26.5 Å². The Morgan fingerprint density at radius 1 is 1.02 bits per heavy atom. The topological polar surface area (TPSA) is 214 Å². The normalized spacial score (nSPS) is 25.4. The predicted molar refractivity (Wildman–Crippen MR) is 173 cm³/mol. The Balaban J connectivity index is 1.72. The molecule has 47 heavy (non-hydrogen) atoms. The summed E-state index contributed by atoms with van der Waals surface area (Å²) in [5.74, 6) is -4.44. The number of hydrogen-bond donors (Lipinski definition) is 6. The summed E-state index contributed by atoms with van der Waals surface area (Å²) in [6.07, 6.45) is 3.59. The zero-order valence-electron chi connectivity index (χ0n) is 27.0. The van der Waals surface area contributed by atoms with Gasteiger partial charge in [-0.25, -0.2) is 10.9 Å². The molecule has 0 saturated carbocycles. The van der Waals surface area contributed by atoms with Crippen LogP contribution in [0.15, 0.2) is 30.5 Å². The SMILES string of the molecule is CC(C)C[C@@H]1NC(=O)[C@H](Cc2c[n-]c3ccccc23)NN[C@@H](CC(=O)O)C(=O)C(=O)[C@H](CCCCN)NCC(=O)[C@@H]2CCCN2C1=O. The van der Waals surface area contributed by atoms with Crippen LogP contribution in [0.3, 0.4) is 0 Å². The Labute approximate surface area is 273 Å². The van der Waals surface area contributed by atoms with Gasteiger partial charge in [-0.2, -0.15) is 6.20 Å². The first-order valence-electron chi connectivity index (χ1n) is 16.4. The minimum absolute atomic E-state index is 0.0267. The van der Waals surface area contributed by atoms with Crippen LogP contribution in [-0.4, -0.2) is 95.0 Å². The molecule has 14 nitrogen and oxygen atoms in total. The number of hydrogen-bond acceptors (Lipinski definition) is 10. The van der Waals surface area contributed by atoms with Gasteiger partial charge < -0.3 is 31.4 Å². The second-order valence-corrected chi connectivity index (χ2v) is 12.8.